The molecule has 0 aliphatic carbocycles. The van der Waals surface area contributed by atoms with Crippen molar-refractivity contribution in [3.63, 3.8) is 0 Å². The van der Waals surface area contributed by atoms with Gasteiger partial charge in [-0.05, 0) is 35.7 Å². The van der Waals surface area contributed by atoms with Crippen LogP contribution in [0.2, 0.25) is 0 Å². The molecule has 0 atom stereocenters. The first-order valence-corrected chi connectivity index (χ1v) is 6.14. The van der Waals surface area contributed by atoms with E-state index in [1.54, 1.807) is 0 Å². The van der Waals surface area contributed by atoms with Crippen LogP contribution in [0.25, 0.3) is 16.6 Å². The largest absolute Gasteiger partial charge is 0.396 e. The van der Waals surface area contributed by atoms with Gasteiger partial charge in [0.15, 0.2) is 0 Å². The number of hydrogen-bond acceptors (Lipinski definition) is 1. The van der Waals surface area contributed by atoms with Gasteiger partial charge in [-0.2, -0.15) is 0 Å². The lowest BCUT2D eigenvalue weighted by Gasteiger charge is -2.00. The Morgan fingerprint density at radius 1 is 0.944 bits per heavy atom. The Bertz CT molecular complexity index is 619. The lowest BCUT2D eigenvalue weighted by atomic mass is 10.1. The highest BCUT2D eigenvalue weighted by Gasteiger charge is 2.01. The molecule has 0 aliphatic heterocycles. The Morgan fingerprint density at radius 2 is 1.78 bits per heavy atom. The van der Waals surface area contributed by atoms with Crippen LogP contribution in [0.15, 0.2) is 60.9 Å². The minimum absolute atomic E-state index is 0.204. The Morgan fingerprint density at radius 3 is 2.50 bits per heavy atom. The van der Waals surface area contributed by atoms with Crippen LogP contribution in [0.3, 0.4) is 0 Å². The number of hydrogen-bond donors (Lipinski definition) is 1. The Kier molecular flexibility index (Phi) is 2.87. The van der Waals surface area contributed by atoms with Crippen LogP contribution in [0.1, 0.15) is 5.56 Å². The number of benzene rings is 1. The second kappa shape index (κ2) is 4.67. The summed E-state index contributed by atoms with van der Waals surface area (Å²) in [6, 6.07) is 16.7. The highest BCUT2D eigenvalue weighted by atomic mass is 16.2. The van der Waals surface area contributed by atoms with Gasteiger partial charge >= 0.3 is 0 Å². The number of aliphatic hydroxyl groups excluding tert-OH is 1. The predicted molar refractivity (Wildman–Crippen MR) is 73.6 cm³/mol. The van der Waals surface area contributed by atoms with Gasteiger partial charge in [0.05, 0.1) is 0 Å². The molecule has 0 fully saturated rings. The molecule has 0 saturated carbocycles. The molecule has 0 saturated heterocycles. The van der Waals surface area contributed by atoms with Crippen LogP contribution >= 0.6 is 0 Å². The minimum Gasteiger partial charge on any atom is -0.396 e. The van der Waals surface area contributed by atoms with Gasteiger partial charge in [-0.15, -0.1) is 0 Å². The number of aliphatic hydroxyl groups is 1. The maximum atomic E-state index is 8.90. The van der Waals surface area contributed by atoms with Crippen molar-refractivity contribution in [1.82, 2.24) is 4.40 Å². The third-order valence-corrected chi connectivity index (χ3v) is 3.19. The van der Waals surface area contributed by atoms with E-state index in [-0.39, 0.29) is 6.61 Å². The smallest absolute Gasteiger partial charge is 0.0471 e. The summed E-state index contributed by atoms with van der Waals surface area (Å²) in [5.41, 5.74) is 4.80. The molecule has 1 N–H and O–H groups in total. The van der Waals surface area contributed by atoms with Gasteiger partial charge < -0.3 is 9.51 Å². The zero-order valence-corrected chi connectivity index (χ0v) is 10.1. The summed E-state index contributed by atoms with van der Waals surface area (Å²) in [6.45, 7) is 0.204. The minimum atomic E-state index is 0.204. The molecule has 2 aromatic heterocycles. The number of pyridine rings is 1. The molecule has 18 heavy (non-hydrogen) atoms. The van der Waals surface area contributed by atoms with Crippen molar-refractivity contribution >= 4 is 5.52 Å². The van der Waals surface area contributed by atoms with Crippen molar-refractivity contribution in [3.8, 4) is 11.1 Å². The average molecular weight is 237 g/mol. The van der Waals surface area contributed by atoms with Crippen LogP contribution in [0, 0.1) is 0 Å². The number of rotatable bonds is 3. The van der Waals surface area contributed by atoms with Crippen LogP contribution < -0.4 is 0 Å². The maximum absolute atomic E-state index is 8.90. The van der Waals surface area contributed by atoms with Crippen molar-refractivity contribution in [1.29, 1.82) is 0 Å². The lowest BCUT2D eigenvalue weighted by molar-refractivity contribution is 0.299. The number of aromatic nitrogens is 1. The first-order chi connectivity index (χ1) is 8.86. The molecule has 1 aromatic carbocycles. The van der Waals surface area contributed by atoms with Gasteiger partial charge in [0.1, 0.15) is 0 Å². The van der Waals surface area contributed by atoms with Gasteiger partial charge in [0, 0.05) is 30.1 Å². The van der Waals surface area contributed by atoms with E-state index < -0.39 is 0 Å². The van der Waals surface area contributed by atoms with Crippen LogP contribution in [0.4, 0.5) is 0 Å². The summed E-state index contributed by atoms with van der Waals surface area (Å²) < 4.78 is 2.12. The molecule has 3 rings (SSSR count). The molecule has 0 unspecified atom stereocenters. The van der Waals surface area contributed by atoms with E-state index in [1.165, 1.54) is 22.2 Å². The number of fused-ring (bicyclic) bond motifs is 1. The first kappa shape index (κ1) is 11.1. The third kappa shape index (κ3) is 2.03. The van der Waals surface area contributed by atoms with Crippen molar-refractivity contribution < 1.29 is 5.11 Å². The van der Waals surface area contributed by atoms with Crippen molar-refractivity contribution in [2.24, 2.45) is 0 Å². The fourth-order valence-corrected chi connectivity index (χ4v) is 2.21. The van der Waals surface area contributed by atoms with Crippen LogP contribution in [-0.2, 0) is 6.42 Å². The first-order valence-electron chi connectivity index (χ1n) is 6.14. The zero-order chi connectivity index (χ0) is 12.4. The van der Waals surface area contributed by atoms with Crippen LogP contribution in [-0.4, -0.2) is 16.1 Å². The molecular formula is C16H15NO. The summed E-state index contributed by atoms with van der Waals surface area (Å²) >= 11 is 0. The summed E-state index contributed by atoms with van der Waals surface area (Å²) in [5.74, 6) is 0. The SMILES string of the molecule is OCCc1ccc(-c2cc3ccccn3c2)cc1. The summed E-state index contributed by atoms with van der Waals surface area (Å²) in [4.78, 5) is 0. The lowest BCUT2D eigenvalue weighted by Crippen LogP contribution is -1.89. The molecule has 0 amide bonds. The van der Waals surface area contributed by atoms with E-state index in [1.807, 2.05) is 12.1 Å². The molecule has 0 radical (unpaired) electrons. The fraction of sp³-hybridized carbons (Fsp3) is 0.125. The highest BCUT2D eigenvalue weighted by Crippen LogP contribution is 2.23. The molecule has 3 aromatic rings. The normalized spacial score (nSPS) is 10.9. The second-order valence-electron chi connectivity index (χ2n) is 4.43. The zero-order valence-electron chi connectivity index (χ0n) is 10.1. The molecular weight excluding hydrogens is 222 g/mol. The second-order valence-corrected chi connectivity index (χ2v) is 4.43. The quantitative estimate of drug-likeness (QED) is 0.743. The van der Waals surface area contributed by atoms with E-state index in [2.05, 4.69) is 53.2 Å². The van der Waals surface area contributed by atoms with Gasteiger partial charge in [-0.1, -0.05) is 30.3 Å². The van der Waals surface area contributed by atoms with Crippen molar-refractivity contribution in [2.75, 3.05) is 6.61 Å². The molecule has 0 bridgehead atoms. The molecule has 2 nitrogen and oxygen atoms in total. The summed E-state index contributed by atoms with van der Waals surface area (Å²) in [6.07, 6.45) is 4.91. The van der Waals surface area contributed by atoms with E-state index in [4.69, 9.17) is 5.11 Å². The summed E-state index contributed by atoms with van der Waals surface area (Å²) in [5, 5.41) is 8.90. The van der Waals surface area contributed by atoms with Gasteiger partial charge in [-0.25, -0.2) is 0 Å². The molecule has 2 heteroatoms. The summed E-state index contributed by atoms with van der Waals surface area (Å²) in [7, 11) is 0. The standard InChI is InChI=1S/C16H15NO/c18-10-8-13-4-6-14(7-5-13)15-11-16-3-1-2-9-17(16)12-15/h1-7,9,11-12,18H,8,10H2. The average Bonchev–Trinajstić information content (AvgIpc) is 2.84. The molecule has 0 aliphatic rings. The highest BCUT2D eigenvalue weighted by molar-refractivity contribution is 5.70. The van der Waals surface area contributed by atoms with Crippen molar-refractivity contribution in [3.05, 3.63) is 66.5 Å². The third-order valence-electron chi connectivity index (χ3n) is 3.19. The predicted octanol–water partition coefficient (Wildman–Crippen LogP) is 3.14. The van der Waals surface area contributed by atoms with E-state index >= 15 is 0 Å². The maximum Gasteiger partial charge on any atom is 0.0471 e. The van der Waals surface area contributed by atoms with Crippen molar-refractivity contribution in [2.45, 2.75) is 6.42 Å². The van der Waals surface area contributed by atoms with E-state index in [0.717, 1.165) is 6.42 Å². The monoisotopic (exact) mass is 237 g/mol. The van der Waals surface area contributed by atoms with Gasteiger partial charge in [0.25, 0.3) is 0 Å². The van der Waals surface area contributed by atoms with Gasteiger partial charge in [-0.3, -0.25) is 0 Å². The number of nitrogens with zero attached hydrogens (tertiary/aromatic N) is 1. The van der Waals surface area contributed by atoms with E-state index in [9.17, 15) is 0 Å². The Hall–Kier alpha value is -2.06. The van der Waals surface area contributed by atoms with Crippen LogP contribution in [0.5, 0.6) is 0 Å². The Labute approximate surface area is 106 Å². The molecule has 2 heterocycles. The van der Waals surface area contributed by atoms with Gasteiger partial charge in [0.2, 0.25) is 0 Å². The fourth-order valence-electron chi connectivity index (χ4n) is 2.21. The molecule has 90 valence electrons. The topological polar surface area (TPSA) is 24.6 Å². The molecule has 0 spiro atoms. The Balaban J connectivity index is 1.98. The van der Waals surface area contributed by atoms with E-state index in [0.29, 0.717) is 0 Å².